The van der Waals surface area contributed by atoms with Crippen molar-refractivity contribution < 1.29 is 19.4 Å². The Morgan fingerprint density at radius 3 is 2.47 bits per heavy atom. The fraction of sp³-hybridized carbons (Fsp3) is 0.364. The maximum Gasteiger partial charge on any atom is 0.339 e. The summed E-state index contributed by atoms with van der Waals surface area (Å²) in [5.41, 5.74) is 3.38. The highest BCUT2D eigenvalue weighted by molar-refractivity contribution is 5.90. The minimum Gasteiger partial charge on any atom is -0.481 e. The summed E-state index contributed by atoms with van der Waals surface area (Å²) in [6, 6.07) is 0. The predicted octanol–water partition coefficient (Wildman–Crippen LogP) is 2.03. The van der Waals surface area contributed by atoms with Gasteiger partial charge in [-0.3, -0.25) is 4.79 Å². The Morgan fingerprint density at radius 2 is 2.00 bits per heavy atom. The van der Waals surface area contributed by atoms with E-state index in [1.165, 1.54) is 6.92 Å². The van der Waals surface area contributed by atoms with E-state index in [9.17, 15) is 9.59 Å². The lowest BCUT2D eigenvalue weighted by molar-refractivity contribution is -0.136. The van der Waals surface area contributed by atoms with Crippen molar-refractivity contribution in [1.29, 1.82) is 0 Å². The van der Waals surface area contributed by atoms with E-state index in [-0.39, 0.29) is 6.42 Å². The summed E-state index contributed by atoms with van der Waals surface area (Å²) in [5.74, 6) is -1.52. The van der Waals surface area contributed by atoms with Gasteiger partial charge in [-0.25, -0.2) is 4.79 Å². The third-order valence-electron chi connectivity index (χ3n) is 1.76. The molecule has 0 rings (SSSR count). The highest BCUT2D eigenvalue weighted by Crippen LogP contribution is 2.09. The van der Waals surface area contributed by atoms with E-state index < -0.39 is 11.9 Å². The molecule has 4 nitrogen and oxygen atoms in total. The lowest BCUT2D eigenvalue weighted by atomic mass is 10.1. The van der Waals surface area contributed by atoms with Crippen molar-refractivity contribution in [2.24, 2.45) is 0 Å². The first-order valence-corrected chi connectivity index (χ1v) is 4.43. The Morgan fingerprint density at radius 1 is 1.40 bits per heavy atom. The number of rotatable bonds is 4. The van der Waals surface area contributed by atoms with Crippen LogP contribution in [0.2, 0.25) is 0 Å². The second-order valence-electron chi connectivity index (χ2n) is 2.95. The SMILES string of the molecule is CC=C=COC(=O)C(C)=C(C)CC(=O)O. The van der Waals surface area contributed by atoms with E-state index in [4.69, 9.17) is 5.11 Å². The Balaban J connectivity index is 4.54. The first-order chi connectivity index (χ1) is 6.99. The average Bonchev–Trinajstić information content (AvgIpc) is 2.15. The summed E-state index contributed by atoms with van der Waals surface area (Å²) in [7, 11) is 0. The molecule has 0 aliphatic rings. The van der Waals surface area contributed by atoms with Gasteiger partial charge in [-0.05, 0) is 26.8 Å². The van der Waals surface area contributed by atoms with Crippen molar-refractivity contribution in [1.82, 2.24) is 0 Å². The quantitative estimate of drug-likeness (QED) is 0.334. The zero-order valence-corrected chi connectivity index (χ0v) is 9.03. The Labute approximate surface area is 88.6 Å². The molecule has 0 aliphatic heterocycles. The van der Waals surface area contributed by atoms with E-state index in [0.29, 0.717) is 11.1 Å². The molecule has 0 amide bonds. The highest BCUT2D eigenvalue weighted by atomic mass is 16.5. The van der Waals surface area contributed by atoms with Gasteiger partial charge in [0.1, 0.15) is 6.26 Å². The van der Waals surface area contributed by atoms with Crippen LogP contribution in [0.5, 0.6) is 0 Å². The molecule has 0 radical (unpaired) electrons. The van der Waals surface area contributed by atoms with Crippen LogP contribution in [-0.4, -0.2) is 17.0 Å². The summed E-state index contributed by atoms with van der Waals surface area (Å²) in [4.78, 5) is 21.7. The lowest BCUT2D eigenvalue weighted by Gasteiger charge is -2.02. The largest absolute Gasteiger partial charge is 0.481 e. The number of carbonyl (C=O) groups excluding carboxylic acids is 1. The molecule has 15 heavy (non-hydrogen) atoms. The van der Waals surface area contributed by atoms with Gasteiger partial charge in [-0.15, -0.1) is 0 Å². The summed E-state index contributed by atoms with van der Waals surface area (Å²) >= 11 is 0. The molecular weight excluding hydrogens is 196 g/mol. The zero-order valence-electron chi connectivity index (χ0n) is 9.03. The van der Waals surface area contributed by atoms with Gasteiger partial charge in [0.15, 0.2) is 0 Å². The van der Waals surface area contributed by atoms with Gasteiger partial charge in [0, 0.05) is 5.57 Å². The number of ether oxygens (including phenoxy) is 1. The van der Waals surface area contributed by atoms with Crippen molar-refractivity contribution in [2.75, 3.05) is 0 Å². The number of carboxylic acid groups (broad SMARTS) is 1. The maximum absolute atomic E-state index is 11.3. The molecule has 0 atom stereocenters. The molecule has 82 valence electrons. The smallest absolute Gasteiger partial charge is 0.339 e. The van der Waals surface area contributed by atoms with Gasteiger partial charge in [0.05, 0.1) is 6.42 Å². The number of hydrogen-bond donors (Lipinski definition) is 1. The monoisotopic (exact) mass is 210 g/mol. The van der Waals surface area contributed by atoms with Gasteiger partial charge in [-0.1, -0.05) is 11.3 Å². The standard InChI is InChI=1S/C11H14O4/c1-4-5-6-15-11(14)9(3)8(2)7-10(12)13/h4,6H,7H2,1-3H3,(H,12,13). The predicted molar refractivity (Wildman–Crippen MR) is 55.0 cm³/mol. The summed E-state index contributed by atoms with van der Waals surface area (Å²) in [6.45, 7) is 4.86. The number of esters is 1. The van der Waals surface area contributed by atoms with Gasteiger partial charge in [0.25, 0.3) is 0 Å². The third kappa shape index (κ3) is 5.49. The molecule has 0 saturated carbocycles. The van der Waals surface area contributed by atoms with Gasteiger partial charge in [0.2, 0.25) is 0 Å². The molecule has 0 heterocycles. The lowest BCUT2D eigenvalue weighted by Crippen LogP contribution is -2.06. The number of aliphatic carboxylic acids is 1. The molecule has 0 aromatic rings. The number of carbonyl (C=O) groups is 2. The molecule has 0 aromatic carbocycles. The molecule has 0 saturated heterocycles. The van der Waals surface area contributed by atoms with Gasteiger partial charge in [-0.2, -0.15) is 0 Å². The fourth-order valence-corrected chi connectivity index (χ4v) is 0.778. The van der Waals surface area contributed by atoms with E-state index in [2.05, 4.69) is 10.5 Å². The number of hydrogen-bond acceptors (Lipinski definition) is 3. The second-order valence-corrected chi connectivity index (χ2v) is 2.95. The van der Waals surface area contributed by atoms with Crippen LogP contribution >= 0.6 is 0 Å². The second kappa shape index (κ2) is 6.62. The van der Waals surface area contributed by atoms with Crippen molar-refractivity contribution in [3.05, 3.63) is 29.2 Å². The minimum atomic E-state index is -0.969. The first kappa shape index (κ1) is 13.2. The molecule has 0 bridgehead atoms. The molecule has 1 N–H and O–H groups in total. The summed E-state index contributed by atoms with van der Waals surface area (Å²) in [6.07, 6.45) is 2.57. The van der Waals surface area contributed by atoms with E-state index in [1.54, 1.807) is 19.9 Å². The topological polar surface area (TPSA) is 63.6 Å². The zero-order chi connectivity index (χ0) is 11.8. The molecule has 0 fully saturated rings. The molecule has 0 spiro atoms. The Bertz CT molecular complexity index is 344. The van der Waals surface area contributed by atoms with Crippen LogP contribution < -0.4 is 0 Å². The van der Waals surface area contributed by atoms with Crippen LogP contribution in [0.1, 0.15) is 27.2 Å². The first-order valence-electron chi connectivity index (χ1n) is 4.43. The van der Waals surface area contributed by atoms with Crippen LogP contribution in [0, 0.1) is 0 Å². The number of carboxylic acids is 1. The molecular formula is C11H14O4. The molecule has 0 aromatic heterocycles. The van der Waals surface area contributed by atoms with Crippen molar-refractivity contribution in [3.63, 3.8) is 0 Å². The molecule has 4 heteroatoms. The Hall–Kier alpha value is -1.80. The van der Waals surface area contributed by atoms with Gasteiger partial charge >= 0.3 is 11.9 Å². The van der Waals surface area contributed by atoms with Crippen LogP contribution in [0.25, 0.3) is 0 Å². The van der Waals surface area contributed by atoms with Crippen LogP contribution in [-0.2, 0) is 14.3 Å². The number of allylic oxidation sites excluding steroid dienone is 1. The molecule has 0 aliphatic carbocycles. The van der Waals surface area contributed by atoms with E-state index in [0.717, 1.165) is 6.26 Å². The van der Waals surface area contributed by atoms with E-state index >= 15 is 0 Å². The van der Waals surface area contributed by atoms with Crippen LogP contribution in [0.3, 0.4) is 0 Å². The minimum absolute atomic E-state index is 0.158. The summed E-state index contributed by atoms with van der Waals surface area (Å²) < 4.78 is 4.69. The molecule has 0 unspecified atom stereocenters. The van der Waals surface area contributed by atoms with Crippen LogP contribution in [0.15, 0.2) is 29.2 Å². The Kier molecular flexibility index (Phi) is 5.83. The van der Waals surface area contributed by atoms with Crippen LogP contribution in [0.4, 0.5) is 0 Å². The average molecular weight is 210 g/mol. The fourth-order valence-electron chi connectivity index (χ4n) is 0.778. The van der Waals surface area contributed by atoms with Crippen molar-refractivity contribution in [2.45, 2.75) is 27.2 Å². The van der Waals surface area contributed by atoms with E-state index in [1.807, 2.05) is 0 Å². The highest BCUT2D eigenvalue weighted by Gasteiger charge is 2.10. The normalized spacial score (nSPS) is 10.9. The van der Waals surface area contributed by atoms with Gasteiger partial charge < -0.3 is 9.84 Å². The van der Waals surface area contributed by atoms with Crippen molar-refractivity contribution in [3.8, 4) is 0 Å². The third-order valence-corrected chi connectivity index (χ3v) is 1.76. The summed E-state index contributed by atoms with van der Waals surface area (Å²) in [5, 5.41) is 8.52. The maximum atomic E-state index is 11.3. The van der Waals surface area contributed by atoms with Crippen molar-refractivity contribution >= 4 is 11.9 Å².